The lowest BCUT2D eigenvalue weighted by Gasteiger charge is -2.37. The van der Waals surface area contributed by atoms with E-state index in [0.29, 0.717) is 0 Å². The zero-order chi connectivity index (χ0) is 15.4. The Morgan fingerprint density at radius 1 is 0.950 bits per heavy atom. The van der Waals surface area contributed by atoms with Crippen molar-refractivity contribution in [3.8, 4) is 0 Å². The zero-order valence-electron chi connectivity index (χ0n) is 13.4. The molecule has 1 rings (SSSR count). The molecule has 0 aliphatic rings. The van der Waals surface area contributed by atoms with Crippen molar-refractivity contribution >= 4 is 30.6 Å². The Morgan fingerprint density at radius 3 is 1.95 bits per heavy atom. The van der Waals surface area contributed by atoms with E-state index in [-0.39, 0.29) is 0 Å². The summed E-state index contributed by atoms with van der Waals surface area (Å²) < 4.78 is 18.2. The van der Waals surface area contributed by atoms with E-state index in [4.69, 9.17) is 12.7 Å². The van der Waals surface area contributed by atoms with Crippen molar-refractivity contribution < 1.29 is 12.7 Å². The highest BCUT2D eigenvalue weighted by atomic mass is 28.5. The first-order valence-electron chi connectivity index (χ1n) is 6.79. The molecular weight excluding hydrogens is 300 g/mol. The summed E-state index contributed by atoms with van der Waals surface area (Å²) in [5.74, 6) is 0. The van der Waals surface area contributed by atoms with E-state index in [1.54, 1.807) is 7.11 Å². The van der Waals surface area contributed by atoms with Crippen LogP contribution in [0.4, 0.5) is 0 Å². The molecule has 0 N–H and O–H groups in total. The highest BCUT2D eigenvalue weighted by Gasteiger charge is 2.41. The van der Waals surface area contributed by atoms with Gasteiger partial charge in [0.2, 0.25) is 8.32 Å². The van der Waals surface area contributed by atoms with Crippen LogP contribution in [-0.4, -0.2) is 32.5 Å². The Bertz CT molecular complexity index is 448. The van der Waals surface area contributed by atoms with Crippen molar-refractivity contribution in [3.05, 3.63) is 42.6 Å². The summed E-state index contributed by atoms with van der Waals surface area (Å²) >= 11 is 0. The molecule has 1 aromatic rings. The van der Waals surface area contributed by atoms with Crippen molar-refractivity contribution in [3.63, 3.8) is 0 Å². The van der Waals surface area contributed by atoms with Gasteiger partial charge in [-0.1, -0.05) is 36.0 Å². The van der Waals surface area contributed by atoms with Crippen LogP contribution in [0.5, 0.6) is 0 Å². The standard InChI is InChI=1S/C14H26O3Si3/c1-8-20(7,15-2)17-19(5,6)16-18(3,4)14-12-10-9-11-13-14/h8-13H,1H2,2-7H3. The van der Waals surface area contributed by atoms with Crippen LogP contribution in [0.15, 0.2) is 42.6 Å². The Morgan fingerprint density at radius 2 is 1.50 bits per heavy atom. The van der Waals surface area contributed by atoms with Crippen LogP contribution in [-0.2, 0) is 12.7 Å². The van der Waals surface area contributed by atoms with Gasteiger partial charge in [-0.05, 0) is 37.9 Å². The Balaban J connectivity index is 2.87. The molecule has 0 saturated carbocycles. The maximum absolute atomic E-state index is 6.47. The topological polar surface area (TPSA) is 27.7 Å². The predicted octanol–water partition coefficient (Wildman–Crippen LogP) is 3.28. The monoisotopic (exact) mass is 326 g/mol. The van der Waals surface area contributed by atoms with Gasteiger partial charge in [-0.15, -0.1) is 6.58 Å². The SMILES string of the molecule is C=C[Si](C)(OC)O[Si](C)(C)O[Si](C)(C)c1ccccc1. The van der Waals surface area contributed by atoms with Crippen LogP contribution in [0.3, 0.4) is 0 Å². The first kappa shape index (κ1) is 17.5. The van der Waals surface area contributed by atoms with Crippen LogP contribution in [0, 0.1) is 0 Å². The maximum Gasteiger partial charge on any atom is 0.352 e. The molecule has 1 aromatic carbocycles. The molecular formula is C14H26O3Si3. The van der Waals surface area contributed by atoms with E-state index < -0.39 is 25.4 Å². The zero-order valence-corrected chi connectivity index (χ0v) is 16.4. The first-order valence-corrected chi connectivity index (χ1v) is 14.9. The molecule has 0 spiro atoms. The minimum absolute atomic E-state index is 1.28. The molecule has 112 valence electrons. The third-order valence-electron chi connectivity index (χ3n) is 3.19. The van der Waals surface area contributed by atoms with Crippen molar-refractivity contribution in [2.24, 2.45) is 0 Å². The molecule has 0 aliphatic carbocycles. The van der Waals surface area contributed by atoms with Gasteiger partial charge in [-0.2, -0.15) is 0 Å². The van der Waals surface area contributed by atoms with Crippen LogP contribution in [0.2, 0.25) is 32.7 Å². The molecule has 0 heterocycles. The predicted molar refractivity (Wildman–Crippen MR) is 92.0 cm³/mol. The summed E-state index contributed by atoms with van der Waals surface area (Å²) in [4.78, 5) is 0. The van der Waals surface area contributed by atoms with Gasteiger partial charge in [0.1, 0.15) is 0 Å². The molecule has 1 unspecified atom stereocenters. The van der Waals surface area contributed by atoms with Gasteiger partial charge in [0.15, 0.2) is 0 Å². The summed E-state index contributed by atoms with van der Waals surface area (Å²) in [6.07, 6.45) is 0. The van der Waals surface area contributed by atoms with Crippen molar-refractivity contribution in [1.82, 2.24) is 0 Å². The summed E-state index contributed by atoms with van der Waals surface area (Å²) in [6.45, 7) is 14.4. The lowest BCUT2D eigenvalue weighted by atomic mass is 10.4. The highest BCUT2D eigenvalue weighted by Crippen LogP contribution is 2.21. The van der Waals surface area contributed by atoms with E-state index in [2.05, 4.69) is 57.0 Å². The Hall–Kier alpha value is -0.509. The van der Waals surface area contributed by atoms with E-state index in [9.17, 15) is 0 Å². The van der Waals surface area contributed by atoms with E-state index in [1.807, 2.05) is 18.3 Å². The Labute approximate surface area is 126 Å². The van der Waals surface area contributed by atoms with Gasteiger partial charge in [0, 0.05) is 7.11 Å². The fraction of sp³-hybridized carbons (Fsp3) is 0.429. The second kappa shape index (κ2) is 6.50. The third kappa shape index (κ3) is 4.80. The smallest absolute Gasteiger partial charge is 0.352 e. The lowest BCUT2D eigenvalue weighted by Crippen LogP contribution is -2.57. The minimum Gasteiger partial charge on any atom is -0.433 e. The minimum atomic E-state index is -2.31. The average Bonchev–Trinajstić information content (AvgIpc) is 2.38. The molecule has 20 heavy (non-hydrogen) atoms. The van der Waals surface area contributed by atoms with Gasteiger partial charge in [0.05, 0.1) is 0 Å². The van der Waals surface area contributed by atoms with Crippen LogP contribution >= 0.6 is 0 Å². The highest BCUT2D eigenvalue weighted by molar-refractivity contribution is 6.93. The average molecular weight is 327 g/mol. The molecule has 0 radical (unpaired) electrons. The number of hydrogen-bond acceptors (Lipinski definition) is 3. The van der Waals surface area contributed by atoms with Gasteiger partial charge < -0.3 is 12.7 Å². The van der Waals surface area contributed by atoms with Gasteiger partial charge in [-0.3, -0.25) is 0 Å². The van der Waals surface area contributed by atoms with Gasteiger partial charge in [0.25, 0.3) is 0 Å². The van der Waals surface area contributed by atoms with E-state index in [0.717, 1.165) is 0 Å². The van der Waals surface area contributed by atoms with E-state index >= 15 is 0 Å². The third-order valence-corrected chi connectivity index (χ3v) is 14.1. The fourth-order valence-electron chi connectivity index (χ4n) is 2.19. The molecule has 6 heteroatoms. The molecule has 1 atom stereocenters. The molecule has 0 amide bonds. The van der Waals surface area contributed by atoms with Crippen molar-refractivity contribution in [2.75, 3.05) is 7.11 Å². The summed E-state index contributed by atoms with van der Waals surface area (Å²) in [5.41, 5.74) is 1.81. The molecule has 0 aromatic heterocycles. The molecule has 0 bridgehead atoms. The number of hydrogen-bond donors (Lipinski definition) is 0. The number of benzene rings is 1. The largest absolute Gasteiger partial charge is 0.433 e. The Kier molecular flexibility index (Phi) is 5.70. The van der Waals surface area contributed by atoms with Crippen molar-refractivity contribution in [1.29, 1.82) is 0 Å². The van der Waals surface area contributed by atoms with Crippen molar-refractivity contribution in [2.45, 2.75) is 32.7 Å². The summed E-state index contributed by atoms with van der Waals surface area (Å²) in [5, 5.41) is 1.28. The first-order chi connectivity index (χ1) is 9.14. The molecule has 3 nitrogen and oxygen atoms in total. The molecule has 0 fully saturated rings. The number of rotatable bonds is 7. The van der Waals surface area contributed by atoms with Gasteiger partial charge in [-0.25, -0.2) is 0 Å². The maximum atomic E-state index is 6.47. The van der Waals surface area contributed by atoms with Gasteiger partial charge >= 0.3 is 17.1 Å². The normalized spacial score (nSPS) is 15.7. The molecule has 0 saturated heterocycles. The molecule has 0 aliphatic heterocycles. The quantitative estimate of drug-likeness (QED) is 0.720. The summed E-state index contributed by atoms with van der Waals surface area (Å²) in [7, 11) is -4.87. The summed E-state index contributed by atoms with van der Waals surface area (Å²) in [6, 6.07) is 10.4. The van der Waals surface area contributed by atoms with Crippen LogP contribution in [0.25, 0.3) is 0 Å². The van der Waals surface area contributed by atoms with E-state index in [1.165, 1.54) is 5.19 Å². The van der Waals surface area contributed by atoms with Crippen LogP contribution < -0.4 is 5.19 Å². The second-order valence-electron chi connectivity index (χ2n) is 5.90. The van der Waals surface area contributed by atoms with Crippen LogP contribution in [0.1, 0.15) is 0 Å². The second-order valence-corrected chi connectivity index (χ2v) is 16.8. The lowest BCUT2D eigenvalue weighted by molar-refractivity contribution is 0.286. The fourth-order valence-corrected chi connectivity index (χ4v) is 13.9.